The van der Waals surface area contributed by atoms with Gasteiger partial charge in [-0.05, 0) is 57.0 Å². The van der Waals surface area contributed by atoms with Crippen molar-refractivity contribution >= 4 is 50.9 Å². The molecule has 0 aliphatic heterocycles. The van der Waals surface area contributed by atoms with E-state index in [0.717, 1.165) is 10.0 Å². The molecule has 0 radical (unpaired) electrons. The predicted molar refractivity (Wildman–Crippen MR) is 129 cm³/mol. The van der Waals surface area contributed by atoms with Gasteiger partial charge in [-0.3, -0.25) is 9.59 Å². The fraction of sp³-hybridized carbons (Fsp3) is 0.391. The lowest BCUT2D eigenvalue weighted by Crippen LogP contribution is -2.54. The highest BCUT2D eigenvalue weighted by molar-refractivity contribution is 9.10. The molecule has 8 heteroatoms. The van der Waals surface area contributed by atoms with Gasteiger partial charge >= 0.3 is 0 Å². The van der Waals surface area contributed by atoms with Gasteiger partial charge in [0.25, 0.3) is 5.91 Å². The number of hydrogen-bond acceptors (Lipinski definition) is 3. The van der Waals surface area contributed by atoms with Gasteiger partial charge < -0.3 is 15.0 Å². The Labute approximate surface area is 202 Å². The lowest BCUT2D eigenvalue weighted by atomic mass is 10.1. The number of nitrogens with zero attached hydrogens (tertiary/aromatic N) is 1. The first kappa shape index (κ1) is 25.5. The number of rotatable bonds is 8. The summed E-state index contributed by atoms with van der Waals surface area (Å²) in [6, 6.07) is 11.7. The minimum atomic E-state index is -0.674. The minimum absolute atomic E-state index is 0.187. The van der Waals surface area contributed by atoms with E-state index in [9.17, 15) is 9.59 Å². The monoisotopic (exact) mass is 528 g/mol. The largest absolute Gasteiger partial charge is 0.482 e. The summed E-state index contributed by atoms with van der Waals surface area (Å²) in [7, 11) is 0. The van der Waals surface area contributed by atoms with Crippen LogP contribution < -0.4 is 10.1 Å². The average Bonchev–Trinajstić information content (AvgIpc) is 2.67. The predicted octanol–water partition coefficient (Wildman–Crippen LogP) is 5.86. The second-order valence-electron chi connectivity index (χ2n) is 8.14. The lowest BCUT2D eigenvalue weighted by molar-refractivity contribution is -0.143. The van der Waals surface area contributed by atoms with Crippen LogP contribution in [0.4, 0.5) is 0 Å². The van der Waals surface area contributed by atoms with E-state index in [0.29, 0.717) is 22.2 Å². The van der Waals surface area contributed by atoms with E-state index in [-0.39, 0.29) is 25.0 Å². The van der Waals surface area contributed by atoms with E-state index < -0.39 is 11.6 Å². The molecule has 168 valence electrons. The Hall–Kier alpha value is -1.76. The molecule has 2 aromatic carbocycles. The Morgan fingerprint density at radius 3 is 2.39 bits per heavy atom. The van der Waals surface area contributed by atoms with Crippen LogP contribution in [0.15, 0.2) is 46.9 Å². The zero-order valence-electron chi connectivity index (χ0n) is 18.0. The molecule has 0 bridgehead atoms. The standard InChI is InChI=1S/C23H27BrCl2N2O3/c1-5-19(22(30)27-23(2,3)4)28(13-15-8-6-7-9-17(15)25)21(29)14-31-20-11-10-16(24)12-18(20)26/h6-12,19H,5,13-14H2,1-4H3,(H,27,30). The Bertz CT molecular complexity index is 931. The third kappa shape index (κ3) is 7.70. The van der Waals surface area contributed by atoms with Crippen molar-refractivity contribution in [2.75, 3.05) is 6.61 Å². The van der Waals surface area contributed by atoms with Crippen LogP contribution in [-0.4, -0.2) is 34.9 Å². The average molecular weight is 530 g/mol. The molecular formula is C23H27BrCl2N2O3. The van der Waals surface area contributed by atoms with Crippen molar-refractivity contribution in [2.45, 2.75) is 52.2 Å². The summed E-state index contributed by atoms with van der Waals surface area (Å²) in [5, 5.41) is 3.88. The molecule has 5 nitrogen and oxygen atoms in total. The van der Waals surface area contributed by atoms with E-state index in [4.69, 9.17) is 27.9 Å². The smallest absolute Gasteiger partial charge is 0.261 e. The lowest BCUT2D eigenvalue weighted by Gasteiger charge is -2.33. The van der Waals surface area contributed by atoms with Crippen LogP contribution in [0.3, 0.4) is 0 Å². The summed E-state index contributed by atoms with van der Waals surface area (Å²) in [6.45, 7) is 7.49. The summed E-state index contributed by atoms with van der Waals surface area (Å²) >= 11 is 15.9. The minimum Gasteiger partial charge on any atom is -0.482 e. The van der Waals surface area contributed by atoms with Crippen LogP contribution in [0, 0.1) is 0 Å². The Kier molecular flexibility index (Phi) is 9.22. The number of benzene rings is 2. The van der Waals surface area contributed by atoms with E-state index in [1.807, 2.05) is 45.9 Å². The topological polar surface area (TPSA) is 58.6 Å². The summed E-state index contributed by atoms with van der Waals surface area (Å²) < 4.78 is 6.48. The molecule has 2 amide bonds. The molecule has 31 heavy (non-hydrogen) atoms. The normalized spacial score (nSPS) is 12.2. The van der Waals surface area contributed by atoms with Crippen molar-refractivity contribution in [1.82, 2.24) is 10.2 Å². The van der Waals surface area contributed by atoms with Gasteiger partial charge in [0.1, 0.15) is 11.8 Å². The van der Waals surface area contributed by atoms with E-state index in [2.05, 4.69) is 21.2 Å². The third-order valence-electron chi connectivity index (χ3n) is 4.43. The van der Waals surface area contributed by atoms with Gasteiger partial charge in [-0.25, -0.2) is 0 Å². The molecule has 2 rings (SSSR count). The van der Waals surface area contributed by atoms with Crippen LogP contribution in [-0.2, 0) is 16.1 Å². The number of amides is 2. The molecule has 0 aliphatic rings. The summed E-state index contributed by atoms with van der Waals surface area (Å²) in [5.41, 5.74) is 0.326. The van der Waals surface area contributed by atoms with Crippen molar-refractivity contribution in [3.63, 3.8) is 0 Å². The molecule has 1 unspecified atom stereocenters. The van der Waals surface area contributed by atoms with Gasteiger partial charge in [0.05, 0.1) is 5.02 Å². The fourth-order valence-corrected chi connectivity index (χ4v) is 3.92. The summed E-state index contributed by atoms with van der Waals surface area (Å²) in [6.07, 6.45) is 0.442. The highest BCUT2D eigenvalue weighted by Crippen LogP contribution is 2.28. The van der Waals surface area contributed by atoms with Crippen LogP contribution >= 0.6 is 39.1 Å². The molecule has 0 aromatic heterocycles. The highest BCUT2D eigenvalue weighted by atomic mass is 79.9. The van der Waals surface area contributed by atoms with Gasteiger partial charge in [0.15, 0.2) is 6.61 Å². The van der Waals surface area contributed by atoms with Crippen LogP contribution in [0.25, 0.3) is 0 Å². The van der Waals surface area contributed by atoms with Crippen molar-refractivity contribution < 1.29 is 14.3 Å². The zero-order chi connectivity index (χ0) is 23.2. The molecule has 0 heterocycles. The maximum absolute atomic E-state index is 13.2. The van der Waals surface area contributed by atoms with E-state index in [1.165, 1.54) is 4.90 Å². The molecular weight excluding hydrogens is 503 g/mol. The van der Waals surface area contributed by atoms with Crippen molar-refractivity contribution in [2.24, 2.45) is 0 Å². The van der Waals surface area contributed by atoms with Crippen LogP contribution in [0.5, 0.6) is 5.75 Å². The van der Waals surface area contributed by atoms with Gasteiger partial charge in [0.2, 0.25) is 5.91 Å². The Morgan fingerprint density at radius 1 is 1.13 bits per heavy atom. The number of ether oxygens (including phenoxy) is 1. The maximum atomic E-state index is 13.2. The van der Waals surface area contributed by atoms with Gasteiger partial charge in [-0.2, -0.15) is 0 Å². The third-order valence-corrected chi connectivity index (χ3v) is 5.59. The molecule has 0 spiro atoms. The van der Waals surface area contributed by atoms with E-state index >= 15 is 0 Å². The van der Waals surface area contributed by atoms with Gasteiger partial charge in [-0.15, -0.1) is 0 Å². The first-order valence-corrected chi connectivity index (χ1v) is 11.5. The number of carbonyl (C=O) groups is 2. The molecule has 0 fully saturated rings. The SMILES string of the molecule is CCC(C(=O)NC(C)(C)C)N(Cc1ccccc1Cl)C(=O)COc1ccc(Br)cc1Cl. The molecule has 1 atom stereocenters. The first-order valence-electron chi connectivity index (χ1n) is 9.94. The molecule has 0 aliphatic carbocycles. The maximum Gasteiger partial charge on any atom is 0.261 e. The van der Waals surface area contributed by atoms with Crippen molar-refractivity contribution in [3.05, 3.63) is 62.5 Å². The summed E-state index contributed by atoms with van der Waals surface area (Å²) in [4.78, 5) is 27.7. The molecule has 0 saturated carbocycles. The molecule has 2 aromatic rings. The number of carbonyl (C=O) groups excluding carboxylic acids is 2. The first-order chi connectivity index (χ1) is 14.5. The van der Waals surface area contributed by atoms with Gasteiger partial charge in [0, 0.05) is 21.6 Å². The second kappa shape index (κ2) is 11.2. The Balaban J connectivity index is 2.27. The summed E-state index contributed by atoms with van der Waals surface area (Å²) in [5.74, 6) is -0.171. The van der Waals surface area contributed by atoms with Crippen molar-refractivity contribution in [3.8, 4) is 5.75 Å². The second-order valence-corrected chi connectivity index (χ2v) is 9.87. The van der Waals surface area contributed by atoms with Crippen LogP contribution in [0.2, 0.25) is 10.0 Å². The Morgan fingerprint density at radius 2 is 1.81 bits per heavy atom. The number of nitrogens with one attached hydrogen (secondary N) is 1. The van der Waals surface area contributed by atoms with E-state index in [1.54, 1.807) is 24.3 Å². The fourth-order valence-electron chi connectivity index (χ4n) is 3.00. The highest BCUT2D eigenvalue weighted by Gasteiger charge is 2.31. The zero-order valence-corrected chi connectivity index (χ0v) is 21.1. The number of halogens is 3. The van der Waals surface area contributed by atoms with Crippen molar-refractivity contribution in [1.29, 1.82) is 0 Å². The molecule has 1 N–H and O–H groups in total. The number of hydrogen-bond donors (Lipinski definition) is 1. The quantitative estimate of drug-likeness (QED) is 0.466. The van der Waals surface area contributed by atoms with Crippen LogP contribution in [0.1, 0.15) is 39.7 Å². The molecule has 0 saturated heterocycles. The van der Waals surface area contributed by atoms with Gasteiger partial charge in [-0.1, -0.05) is 64.3 Å².